The molecule has 2 aromatic rings. The van der Waals surface area contributed by atoms with E-state index < -0.39 is 0 Å². The number of thioether (sulfide) groups is 1. The van der Waals surface area contributed by atoms with Crippen molar-refractivity contribution in [3.05, 3.63) is 27.6 Å². The molecule has 19 heavy (non-hydrogen) atoms. The molecular weight excluding hydrogens is 391 g/mol. The normalized spacial score (nSPS) is 19.4. The molecule has 1 atom stereocenters. The zero-order valence-corrected chi connectivity index (χ0v) is 14.3. The predicted molar refractivity (Wildman–Crippen MR) is 92.3 cm³/mol. The van der Waals surface area contributed by atoms with E-state index in [0.717, 1.165) is 30.2 Å². The fraction of sp³-hybridized carbons (Fsp3) is 0.500. The summed E-state index contributed by atoms with van der Waals surface area (Å²) in [6, 6.07) is 6.52. The van der Waals surface area contributed by atoms with E-state index in [9.17, 15) is 0 Å². The first-order valence-electron chi connectivity index (χ1n) is 6.56. The molecule has 1 unspecified atom stereocenters. The highest BCUT2D eigenvalue weighted by atomic mass is 127. The molecule has 1 saturated heterocycles. The minimum Gasteiger partial charge on any atom is -0.328 e. The van der Waals surface area contributed by atoms with Crippen molar-refractivity contribution < 1.29 is 0 Å². The van der Waals surface area contributed by atoms with Gasteiger partial charge in [-0.2, -0.15) is 11.8 Å². The van der Waals surface area contributed by atoms with Crippen molar-refractivity contribution in [3.63, 3.8) is 0 Å². The highest BCUT2D eigenvalue weighted by Gasteiger charge is 2.19. The Morgan fingerprint density at radius 3 is 3.11 bits per heavy atom. The summed E-state index contributed by atoms with van der Waals surface area (Å²) < 4.78 is 3.63. The topological polar surface area (TPSA) is 17.8 Å². The SMILES string of the molecule is ClCCc1nc2cc(I)ccc2n1CC1CCSC1. The van der Waals surface area contributed by atoms with E-state index >= 15 is 0 Å². The quantitative estimate of drug-likeness (QED) is 0.560. The van der Waals surface area contributed by atoms with Gasteiger partial charge in [0.15, 0.2) is 0 Å². The highest BCUT2D eigenvalue weighted by Crippen LogP contribution is 2.28. The number of imidazole rings is 1. The minimum absolute atomic E-state index is 0.639. The van der Waals surface area contributed by atoms with Crippen LogP contribution in [0.3, 0.4) is 0 Å². The Bertz CT molecular complexity index is 578. The van der Waals surface area contributed by atoms with Crippen molar-refractivity contribution in [1.29, 1.82) is 0 Å². The Morgan fingerprint density at radius 2 is 2.37 bits per heavy atom. The molecule has 1 fully saturated rings. The fourth-order valence-electron chi connectivity index (χ4n) is 2.62. The van der Waals surface area contributed by atoms with Gasteiger partial charge in [0.25, 0.3) is 0 Å². The number of hydrogen-bond acceptors (Lipinski definition) is 2. The predicted octanol–water partition coefficient (Wildman–Crippen LogP) is 4.18. The number of halogens is 2. The van der Waals surface area contributed by atoms with E-state index in [1.165, 1.54) is 27.0 Å². The van der Waals surface area contributed by atoms with Crippen LogP contribution in [0.25, 0.3) is 11.0 Å². The number of aryl methyl sites for hydroxylation is 1. The molecule has 3 rings (SSSR count). The molecule has 1 aromatic carbocycles. The van der Waals surface area contributed by atoms with Crippen molar-refractivity contribution in [1.82, 2.24) is 9.55 Å². The van der Waals surface area contributed by atoms with E-state index in [1.807, 2.05) is 0 Å². The van der Waals surface area contributed by atoms with Gasteiger partial charge in [-0.25, -0.2) is 4.98 Å². The van der Waals surface area contributed by atoms with Gasteiger partial charge >= 0.3 is 0 Å². The molecule has 0 saturated carbocycles. The Hall–Kier alpha value is 0.0600. The number of fused-ring (bicyclic) bond motifs is 1. The van der Waals surface area contributed by atoms with Gasteiger partial charge in [0, 0.05) is 22.4 Å². The lowest BCUT2D eigenvalue weighted by atomic mass is 10.1. The zero-order valence-electron chi connectivity index (χ0n) is 10.6. The van der Waals surface area contributed by atoms with E-state index in [-0.39, 0.29) is 0 Å². The largest absolute Gasteiger partial charge is 0.328 e. The summed E-state index contributed by atoms with van der Waals surface area (Å²) in [4.78, 5) is 4.77. The van der Waals surface area contributed by atoms with Gasteiger partial charge < -0.3 is 4.57 Å². The first kappa shape index (κ1) is 14.0. The van der Waals surface area contributed by atoms with Crippen LogP contribution in [0.2, 0.25) is 0 Å². The molecule has 1 aliphatic heterocycles. The van der Waals surface area contributed by atoms with Crippen LogP contribution in [0.15, 0.2) is 18.2 Å². The average molecular weight is 407 g/mol. The van der Waals surface area contributed by atoms with Gasteiger partial charge in [0.2, 0.25) is 0 Å². The van der Waals surface area contributed by atoms with Crippen molar-refractivity contribution in [2.45, 2.75) is 19.4 Å². The summed E-state index contributed by atoms with van der Waals surface area (Å²) in [5, 5.41) is 0. The van der Waals surface area contributed by atoms with Crippen LogP contribution in [-0.4, -0.2) is 26.9 Å². The van der Waals surface area contributed by atoms with Crippen molar-refractivity contribution in [3.8, 4) is 0 Å². The molecule has 1 aromatic heterocycles. The highest BCUT2D eigenvalue weighted by molar-refractivity contribution is 14.1. The van der Waals surface area contributed by atoms with E-state index in [2.05, 4.69) is 57.1 Å². The molecule has 0 spiro atoms. The maximum absolute atomic E-state index is 5.92. The Kier molecular flexibility index (Phi) is 4.59. The van der Waals surface area contributed by atoms with E-state index in [4.69, 9.17) is 16.6 Å². The van der Waals surface area contributed by atoms with Crippen LogP contribution in [0.5, 0.6) is 0 Å². The standard InChI is InChI=1S/C14H16ClIN2S/c15-5-3-14-17-12-7-11(16)1-2-13(12)18(14)8-10-4-6-19-9-10/h1-2,7,10H,3-6,8-9H2. The number of hydrogen-bond donors (Lipinski definition) is 0. The van der Waals surface area contributed by atoms with Gasteiger partial charge in [0.05, 0.1) is 11.0 Å². The van der Waals surface area contributed by atoms with Crippen molar-refractivity contribution >= 4 is 57.0 Å². The molecule has 1 aliphatic rings. The second kappa shape index (κ2) is 6.22. The second-order valence-corrected chi connectivity index (χ2v) is 7.71. The number of aromatic nitrogens is 2. The molecule has 2 nitrogen and oxygen atoms in total. The molecular formula is C14H16ClIN2S. The molecule has 5 heteroatoms. The zero-order chi connectivity index (χ0) is 13.2. The first-order valence-corrected chi connectivity index (χ1v) is 9.33. The summed E-state index contributed by atoms with van der Waals surface area (Å²) in [5.74, 6) is 5.16. The maximum Gasteiger partial charge on any atom is 0.111 e. The number of rotatable bonds is 4. The Labute approximate surface area is 136 Å². The fourth-order valence-corrected chi connectivity index (χ4v) is 4.53. The van der Waals surface area contributed by atoms with Crippen LogP contribution in [0.4, 0.5) is 0 Å². The molecule has 0 radical (unpaired) electrons. The second-order valence-electron chi connectivity index (χ2n) is 4.94. The monoisotopic (exact) mass is 406 g/mol. The van der Waals surface area contributed by atoms with E-state index in [0.29, 0.717) is 5.88 Å². The summed E-state index contributed by atoms with van der Waals surface area (Å²) in [6.45, 7) is 1.09. The Balaban J connectivity index is 2.00. The number of alkyl halides is 1. The third-order valence-corrected chi connectivity index (χ3v) is 5.66. The lowest BCUT2D eigenvalue weighted by Gasteiger charge is -2.13. The van der Waals surface area contributed by atoms with Crippen LogP contribution in [0.1, 0.15) is 12.2 Å². The van der Waals surface area contributed by atoms with Crippen molar-refractivity contribution in [2.24, 2.45) is 5.92 Å². The number of nitrogens with zero attached hydrogens (tertiary/aromatic N) is 2. The smallest absolute Gasteiger partial charge is 0.111 e. The van der Waals surface area contributed by atoms with Gasteiger partial charge in [0.1, 0.15) is 5.82 Å². The summed E-state index contributed by atoms with van der Waals surface area (Å²) in [7, 11) is 0. The van der Waals surface area contributed by atoms with Gasteiger partial charge in [-0.15, -0.1) is 11.6 Å². The first-order chi connectivity index (χ1) is 9.28. The third-order valence-electron chi connectivity index (χ3n) is 3.57. The molecule has 0 N–H and O–H groups in total. The van der Waals surface area contributed by atoms with Crippen LogP contribution in [0, 0.1) is 9.49 Å². The lowest BCUT2D eigenvalue weighted by Crippen LogP contribution is -2.13. The van der Waals surface area contributed by atoms with Gasteiger partial charge in [-0.3, -0.25) is 0 Å². The average Bonchev–Trinajstić information content (AvgIpc) is 2.99. The van der Waals surface area contributed by atoms with Gasteiger partial charge in [-0.1, -0.05) is 0 Å². The van der Waals surface area contributed by atoms with Crippen LogP contribution < -0.4 is 0 Å². The molecule has 0 bridgehead atoms. The van der Waals surface area contributed by atoms with Crippen LogP contribution >= 0.6 is 46.0 Å². The Morgan fingerprint density at radius 1 is 1.47 bits per heavy atom. The summed E-state index contributed by atoms with van der Waals surface area (Å²) in [6.07, 6.45) is 2.18. The molecule has 0 amide bonds. The minimum atomic E-state index is 0.639. The molecule has 102 valence electrons. The van der Waals surface area contributed by atoms with Crippen LogP contribution in [-0.2, 0) is 13.0 Å². The molecule has 2 heterocycles. The van der Waals surface area contributed by atoms with E-state index in [1.54, 1.807) is 0 Å². The lowest BCUT2D eigenvalue weighted by molar-refractivity contribution is 0.490. The maximum atomic E-state index is 5.92. The molecule has 0 aliphatic carbocycles. The van der Waals surface area contributed by atoms with Crippen molar-refractivity contribution in [2.75, 3.05) is 17.4 Å². The van der Waals surface area contributed by atoms with Gasteiger partial charge in [-0.05, 0) is 64.6 Å². The third kappa shape index (κ3) is 3.05. The summed E-state index contributed by atoms with van der Waals surface area (Å²) in [5.41, 5.74) is 2.37. The number of benzene rings is 1. The summed E-state index contributed by atoms with van der Waals surface area (Å²) >= 11 is 10.3.